The van der Waals surface area contributed by atoms with Gasteiger partial charge in [-0.25, -0.2) is 4.79 Å². The third kappa shape index (κ3) is 6.82. The monoisotopic (exact) mass is 459 g/mol. The Morgan fingerprint density at radius 3 is 2.12 bits per heavy atom. The van der Waals surface area contributed by atoms with Gasteiger partial charge >= 0.3 is 11.9 Å². The van der Waals surface area contributed by atoms with E-state index in [2.05, 4.69) is 10.1 Å². The van der Waals surface area contributed by atoms with E-state index in [9.17, 15) is 34.6 Å². The fourth-order valence-electron chi connectivity index (χ4n) is 3.17. The summed E-state index contributed by atoms with van der Waals surface area (Å²) in [6.45, 7) is 0. The van der Waals surface area contributed by atoms with E-state index in [1.807, 2.05) is 0 Å². The number of hydrogen-bond donors (Lipinski definition) is 1. The minimum Gasteiger partial charge on any atom is -0.469 e. The summed E-state index contributed by atoms with van der Waals surface area (Å²) in [5.74, 6) is -3.14. The molecule has 12 heteroatoms. The molecule has 0 aliphatic carbocycles. The number of carbonyl (C=O) groups excluding carboxylic acids is 3. The van der Waals surface area contributed by atoms with Gasteiger partial charge in [0, 0.05) is 30.2 Å². The van der Waals surface area contributed by atoms with Crippen molar-refractivity contribution < 1.29 is 33.7 Å². The number of methoxy groups -OCH3 is 2. The van der Waals surface area contributed by atoms with Crippen LogP contribution in [-0.2, 0) is 30.3 Å². The first-order valence-corrected chi connectivity index (χ1v) is 9.58. The Morgan fingerprint density at radius 2 is 1.58 bits per heavy atom. The molecule has 0 saturated carbocycles. The third-order valence-electron chi connectivity index (χ3n) is 4.81. The Kier molecular flexibility index (Phi) is 8.55. The minimum atomic E-state index is -1.33. The van der Waals surface area contributed by atoms with E-state index in [1.165, 1.54) is 48.5 Å². The lowest BCUT2D eigenvalue weighted by molar-refractivity contribution is -0.385. The van der Waals surface area contributed by atoms with Crippen LogP contribution in [0.25, 0.3) is 0 Å². The summed E-state index contributed by atoms with van der Waals surface area (Å²) in [4.78, 5) is 57.9. The highest BCUT2D eigenvalue weighted by Crippen LogP contribution is 2.27. The lowest BCUT2D eigenvalue weighted by Gasteiger charge is -2.26. The molecule has 0 saturated heterocycles. The summed E-state index contributed by atoms with van der Waals surface area (Å²) in [6.07, 6.45) is -0.606. The molecule has 0 aromatic heterocycles. The lowest BCUT2D eigenvalue weighted by atomic mass is 9.88. The average molecular weight is 459 g/mol. The van der Waals surface area contributed by atoms with E-state index < -0.39 is 39.7 Å². The number of benzene rings is 2. The Labute approximate surface area is 187 Å². The molecule has 2 aromatic carbocycles. The van der Waals surface area contributed by atoms with Crippen LogP contribution in [0.2, 0.25) is 0 Å². The van der Waals surface area contributed by atoms with E-state index in [1.54, 1.807) is 0 Å². The molecule has 2 aromatic rings. The third-order valence-corrected chi connectivity index (χ3v) is 4.81. The number of rotatable bonds is 10. The summed E-state index contributed by atoms with van der Waals surface area (Å²) in [5, 5.41) is 24.4. The molecule has 2 atom stereocenters. The number of non-ortho nitro benzene ring substituents is 2. The molecular weight excluding hydrogens is 438 g/mol. The maximum Gasteiger partial charge on any atom is 0.329 e. The molecule has 0 spiro atoms. The van der Waals surface area contributed by atoms with Crippen LogP contribution in [0, 0.1) is 20.2 Å². The van der Waals surface area contributed by atoms with Crippen LogP contribution in [0.4, 0.5) is 11.4 Å². The van der Waals surface area contributed by atoms with Crippen molar-refractivity contribution in [2.24, 2.45) is 0 Å². The summed E-state index contributed by atoms with van der Waals surface area (Å²) < 4.78 is 9.48. The standard InChI is InChI=1S/C21H21N3O9/c1-32-19(26)12-17(14-6-8-15(9-7-14)23(28)29)20(21(27)33-2)22-18(25)11-13-4-3-5-16(10-13)24(30)31/h3-10,17,20H,11-12H2,1-2H3,(H,22,25)/t17-,20-/m0/s1. The summed E-state index contributed by atoms with van der Waals surface area (Å²) in [5.41, 5.74) is 0.307. The van der Waals surface area contributed by atoms with Crippen LogP contribution < -0.4 is 5.32 Å². The van der Waals surface area contributed by atoms with Gasteiger partial charge in [0.2, 0.25) is 5.91 Å². The van der Waals surface area contributed by atoms with Crippen LogP contribution in [0.15, 0.2) is 48.5 Å². The van der Waals surface area contributed by atoms with Crippen molar-refractivity contribution >= 4 is 29.2 Å². The van der Waals surface area contributed by atoms with Crippen molar-refractivity contribution in [3.8, 4) is 0 Å². The molecule has 12 nitrogen and oxygen atoms in total. The van der Waals surface area contributed by atoms with E-state index in [-0.39, 0.29) is 24.2 Å². The van der Waals surface area contributed by atoms with Gasteiger partial charge in [-0.1, -0.05) is 24.3 Å². The lowest BCUT2D eigenvalue weighted by Crippen LogP contribution is -2.46. The molecular formula is C21H21N3O9. The largest absolute Gasteiger partial charge is 0.469 e. The van der Waals surface area contributed by atoms with Crippen molar-refractivity contribution in [3.63, 3.8) is 0 Å². The molecule has 0 heterocycles. The number of nitrogens with one attached hydrogen (secondary N) is 1. The Balaban J connectivity index is 2.33. The van der Waals surface area contributed by atoms with Crippen LogP contribution in [0.5, 0.6) is 0 Å². The molecule has 0 aliphatic rings. The van der Waals surface area contributed by atoms with E-state index in [0.29, 0.717) is 11.1 Å². The highest BCUT2D eigenvalue weighted by molar-refractivity contribution is 5.87. The van der Waals surface area contributed by atoms with Crippen LogP contribution in [0.3, 0.4) is 0 Å². The quantitative estimate of drug-likeness (QED) is 0.317. The predicted octanol–water partition coefficient (Wildman–Crippen LogP) is 2.05. The smallest absolute Gasteiger partial charge is 0.329 e. The van der Waals surface area contributed by atoms with Crippen molar-refractivity contribution in [1.29, 1.82) is 0 Å². The number of nitro benzene ring substituents is 2. The van der Waals surface area contributed by atoms with Gasteiger partial charge in [0.15, 0.2) is 0 Å². The van der Waals surface area contributed by atoms with Gasteiger partial charge in [-0.05, 0) is 11.1 Å². The van der Waals surface area contributed by atoms with Gasteiger partial charge in [0.1, 0.15) is 6.04 Å². The second-order valence-corrected chi connectivity index (χ2v) is 6.91. The Bertz CT molecular complexity index is 1050. The van der Waals surface area contributed by atoms with Gasteiger partial charge in [-0.2, -0.15) is 0 Å². The Morgan fingerprint density at radius 1 is 0.939 bits per heavy atom. The van der Waals surface area contributed by atoms with Crippen molar-refractivity contribution in [2.45, 2.75) is 24.8 Å². The SMILES string of the molecule is COC(=O)C[C@@H](c1ccc([N+](=O)[O-])cc1)[C@H](NC(=O)Cc1cccc([N+](=O)[O-])c1)C(=O)OC. The number of nitrogens with zero attached hydrogens (tertiary/aromatic N) is 2. The first-order chi connectivity index (χ1) is 15.7. The fourth-order valence-corrected chi connectivity index (χ4v) is 3.17. The molecule has 1 amide bonds. The Hall–Kier alpha value is -4.35. The first-order valence-electron chi connectivity index (χ1n) is 9.58. The zero-order valence-corrected chi connectivity index (χ0v) is 17.8. The van der Waals surface area contributed by atoms with Crippen LogP contribution in [-0.4, -0.2) is 48.0 Å². The molecule has 1 N–H and O–H groups in total. The van der Waals surface area contributed by atoms with Crippen LogP contribution in [0.1, 0.15) is 23.5 Å². The first kappa shape index (κ1) is 24.9. The molecule has 174 valence electrons. The number of hydrogen-bond acceptors (Lipinski definition) is 9. The van der Waals surface area contributed by atoms with Crippen molar-refractivity contribution in [3.05, 3.63) is 79.9 Å². The van der Waals surface area contributed by atoms with E-state index >= 15 is 0 Å². The number of esters is 2. The van der Waals surface area contributed by atoms with Crippen molar-refractivity contribution in [2.75, 3.05) is 14.2 Å². The van der Waals surface area contributed by atoms with Gasteiger partial charge in [-0.15, -0.1) is 0 Å². The summed E-state index contributed by atoms with van der Waals surface area (Å²) in [6, 6.07) is 9.27. The zero-order valence-electron chi connectivity index (χ0n) is 17.8. The number of carbonyl (C=O) groups is 3. The molecule has 0 fully saturated rings. The van der Waals surface area contributed by atoms with Gasteiger partial charge in [-0.3, -0.25) is 29.8 Å². The molecule has 0 aliphatic heterocycles. The van der Waals surface area contributed by atoms with Gasteiger partial charge in [0.05, 0.1) is 36.9 Å². The topological polar surface area (TPSA) is 168 Å². The minimum absolute atomic E-state index is 0.195. The molecule has 2 rings (SSSR count). The molecule has 0 bridgehead atoms. The van der Waals surface area contributed by atoms with E-state index in [0.717, 1.165) is 14.2 Å². The number of amides is 1. The zero-order chi connectivity index (χ0) is 24.5. The van der Waals surface area contributed by atoms with Crippen LogP contribution >= 0.6 is 0 Å². The van der Waals surface area contributed by atoms with E-state index in [4.69, 9.17) is 4.74 Å². The maximum atomic E-state index is 12.7. The average Bonchev–Trinajstić information content (AvgIpc) is 2.80. The highest BCUT2D eigenvalue weighted by atomic mass is 16.6. The predicted molar refractivity (Wildman–Crippen MR) is 113 cm³/mol. The number of nitro groups is 2. The number of ether oxygens (including phenoxy) is 2. The fraction of sp³-hybridized carbons (Fsp3) is 0.286. The second kappa shape index (κ2) is 11.3. The molecule has 0 radical (unpaired) electrons. The molecule has 33 heavy (non-hydrogen) atoms. The summed E-state index contributed by atoms with van der Waals surface area (Å²) in [7, 11) is 2.26. The van der Waals surface area contributed by atoms with Gasteiger partial charge in [0.25, 0.3) is 11.4 Å². The highest BCUT2D eigenvalue weighted by Gasteiger charge is 2.34. The van der Waals surface area contributed by atoms with Crippen molar-refractivity contribution in [1.82, 2.24) is 5.32 Å². The second-order valence-electron chi connectivity index (χ2n) is 6.91. The maximum absolute atomic E-state index is 12.7. The molecule has 0 unspecified atom stereocenters. The van der Waals surface area contributed by atoms with Gasteiger partial charge < -0.3 is 14.8 Å². The summed E-state index contributed by atoms with van der Waals surface area (Å²) >= 11 is 0. The normalized spacial score (nSPS) is 12.2.